The van der Waals surface area contributed by atoms with E-state index in [1.807, 2.05) is 19.1 Å². The molecule has 0 bridgehead atoms. The van der Waals surface area contributed by atoms with Crippen LogP contribution in [0.1, 0.15) is 22.2 Å². The third kappa shape index (κ3) is 3.80. The van der Waals surface area contributed by atoms with Gasteiger partial charge in [-0.3, -0.25) is 19.9 Å². The summed E-state index contributed by atoms with van der Waals surface area (Å²) in [7, 11) is 0. The molecule has 2 aromatic heterocycles. The minimum atomic E-state index is -0.580. The van der Waals surface area contributed by atoms with E-state index >= 15 is 0 Å². The molecule has 0 aliphatic carbocycles. The van der Waals surface area contributed by atoms with E-state index in [-0.39, 0.29) is 20.8 Å². The Kier molecular flexibility index (Phi) is 5.46. The van der Waals surface area contributed by atoms with E-state index in [1.165, 1.54) is 6.07 Å². The molecule has 0 fully saturated rings. The molecule has 0 atom stereocenters. The van der Waals surface area contributed by atoms with Crippen molar-refractivity contribution in [3.05, 3.63) is 55.5 Å². The van der Waals surface area contributed by atoms with Gasteiger partial charge in [-0.15, -0.1) is 11.3 Å². The Morgan fingerprint density at radius 2 is 2.14 bits per heavy atom. The van der Waals surface area contributed by atoms with Crippen LogP contribution in [0.15, 0.2) is 30.6 Å². The highest BCUT2D eigenvalue weighted by Gasteiger charge is 2.23. The van der Waals surface area contributed by atoms with Crippen LogP contribution in [0.2, 0.25) is 4.34 Å². The van der Waals surface area contributed by atoms with Gasteiger partial charge >= 0.3 is 0 Å². The molecule has 0 aliphatic heterocycles. The first-order valence-corrected chi connectivity index (χ1v) is 7.84. The maximum absolute atomic E-state index is 12.4. The highest BCUT2D eigenvalue weighted by Crippen LogP contribution is 2.34. The van der Waals surface area contributed by atoms with Crippen LogP contribution in [-0.4, -0.2) is 33.8 Å². The summed E-state index contributed by atoms with van der Waals surface area (Å²) in [5.41, 5.74) is 0.858. The fourth-order valence-corrected chi connectivity index (χ4v) is 3.15. The van der Waals surface area contributed by atoms with Crippen molar-refractivity contribution < 1.29 is 9.72 Å². The summed E-state index contributed by atoms with van der Waals surface area (Å²) in [6.07, 6.45) is 4.11. The van der Waals surface area contributed by atoms with Gasteiger partial charge in [0.2, 0.25) is 0 Å². The number of thiophene rings is 1. The molecule has 0 saturated carbocycles. The quantitative estimate of drug-likeness (QED) is 0.597. The van der Waals surface area contributed by atoms with Crippen molar-refractivity contribution in [2.45, 2.75) is 13.3 Å². The van der Waals surface area contributed by atoms with Crippen molar-refractivity contribution in [3.63, 3.8) is 0 Å². The van der Waals surface area contributed by atoms with E-state index in [4.69, 9.17) is 11.6 Å². The second-order valence-electron chi connectivity index (χ2n) is 4.52. The summed E-state index contributed by atoms with van der Waals surface area (Å²) in [6, 6.07) is 5.03. The zero-order chi connectivity index (χ0) is 16.1. The minimum absolute atomic E-state index is 0.0264. The van der Waals surface area contributed by atoms with Crippen LogP contribution < -0.4 is 0 Å². The van der Waals surface area contributed by atoms with E-state index in [9.17, 15) is 14.9 Å². The molecule has 0 aromatic carbocycles. The van der Waals surface area contributed by atoms with Gasteiger partial charge in [-0.25, -0.2) is 0 Å². The fourth-order valence-electron chi connectivity index (χ4n) is 1.96. The number of nitro groups is 1. The van der Waals surface area contributed by atoms with Gasteiger partial charge < -0.3 is 4.90 Å². The smallest absolute Gasteiger partial charge is 0.299 e. The Morgan fingerprint density at radius 1 is 1.45 bits per heavy atom. The first-order valence-electron chi connectivity index (χ1n) is 6.64. The highest BCUT2D eigenvalue weighted by atomic mass is 35.5. The Labute approximate surface area is 136 Å². The number of rotatable bonds is 6. The zero-order valence-electron chi connectivity index (χ0n) is 11.9. The molecule has 116 valence electrons. The molecule has 2 rings (SSSR count). The number of carbonyl (C=O) groups excluding carboxylic acids is 1. The van der Waals surface area contributed by atoms with Gasteiger partial charge in [0.25, 0.3) is 11.6 Å². The molecule has 0 radical (unpaired) electrons. The van der Waals surface area contributed by atoms with E-state index in [2.05, 4.69) is 4.98 Å². The molecule has 0 spiro atoms. The lowest BCUT2D eigenvalue weighted by Gasteiger charge is -2.19. The number of hydrogen-bond acceptors (Lipinski definition) is 5. The van der Waals surface area contributed by atoms with Crippen molar-refractivity contribution in [1.82, 2.24) is 9.88 Å². The first kappa shape index (κ1) is 16.4. The maximum Gasteiger partial charge on any atom is 0.299 e. The normalized spacial score (nSPS) is 10.5. The van der Waals surface area contributed by atoms with Gasteiger partial charge in [-0.1, -0.05) is 11.6 Å². The van der Waals surface area contributed by atoms with E-state index in [0.29, 0.717) is 19.5 Å². The summed E-state index contributed by atoms with van der Waals surface area (Å²) in [5.74, 6) is -0.239. The lowest BCUT2D eigenvalue weighted by molar-refractivity contribution is -0.384. The van der Waals surface area contributed by atoms with Crippen molar-refractivity contribution in [2.75, 3.05) is 13.1 Å². The van der Waals surface area contributed by atoms with Crippen LogP contribution in [0.3, 0.4) is 0 Å². The molecule has 1 amide bonds. The van der Waals surface area contributed by atoms with E-state index < -0.39 is 4.92 Å². The molecular formula is C14H14ClN3O3S. The van der Waals surface area contributed by atoms with E-state index in [1.54, 1.807) is 17.3 Å². The number of amides is 1. The summed E-state index contributed by atoms with van der Waals surface area (Å²) < 4.78 is 0.0264. The van der Waals surface area contributed by atoms with Crippen molar-refractivity contribution >= 4 is 34.5 Å². The third-order valence-corrected chi connectivity index (χ3v) is 4.49. The summed E-state index contributed by atoms with van der Waals surface area (Å²) in [5, 5.41) is 10.8. The van der Waals surface area contributed by atoms with E-state index in [0.717, 1.165) is 16.9 Å². The summed E-state index contributed by atoms with van der Waals surface area (Å²) >= 11 is 6.74. The second-order valence-corrected chi connectivity index (χ2v) is 6.17. The number of halogens is 1. The number of aromatic nitrogens is 1. The highest BCUT2D eigenvalue weighted by molar-refractivity contribution is 7.18. The molecule has 0 N–H and O–H groups in total. The predicted molar refractivity (Wildman–Crippen MR) is 85.5 cm³/mol. The lowest BCUT2D eigenvalue weighted by atomic mass is 10.2. The monoisotopic (exact) mass is 339 g/mol. The Balaban J connectivity index is 2.08. The van der Waals surface area contributed by atoms with Crippen molar-refractivity contribution in [3.8, 4) is 0 Å². The molecule has 22 heavy (non-hydrogen) atoms. The maximum atomic E-state index is 12.4. The Morgan fingerprint density at radius 3 is 2.68 bits per heavy atom. The SMILES string of the molecule is CCN(CCc1ccncc1)C(=O)c1cc([N+](=O)[O-])c(Cl)s1. The van der Waals surface area contributed by atoms with Crippen molar-refractivity contribution in [2.24, 2.45) is 0 Å². The second kappa shape index (κ2) is 7.33. The fraction of sp³-hybridized carbons (Fsp3) is 0.286. The summed E-state index contributed by atoms with van der Waals surface area (Å²) in [4.78, 5) is 28.5. The largest absolute Gasteiger partial charge is 0.338 e. The van der Waals surface area contributed by atoms with Crippen molar-refractivity contribution in [1.29, 1.82) is 0 Å². The van der Waals surface area contributed by atoms with Crippen LogP contribution in [0, 0.1) is 10.1 Å². The first-order chi connectivity index (χ1) is 10.5. The molecule has 2 aromatic rings. The molecule has 6 nitrogen and oxygen atoms in total. The average Bonchev–Trinajstić information content (AvgIpc) is 2.91. The number of nitrogens with zero attached hydrogens (tertiary/aromatic N) is 3. The average molecular weight is 340 g/mol. The van der Waals surface area contributed by atoms with Gasteiger partial charge in [0.05, 0.1) is 4.92 Å². The Hall–Kier alpha value is -1.99. The van der Waals surface area contributed by atoms with Crippen LogP contribution >= 0.6 is 22.9 Å². The van der Waals surface area contributed by atoms with Crippen LogP contribution in [0.25, 0.3) is 0 Å². The molecule has 0 aliphatic rings. The van der Waals surface area contributed by atoms with Gasteiger partial charge in [-0.2, -0.15) is 0 Å². The van der Waals surface area contributed by atoms with Gasteiger partial charge in [0, 0.05) is 31.5 Å². The van der Waals surface area contributed by atoms with Crippen LogP contribution in [0.4, 0.5) is 5.69 Å². The molecule has 8 heteroatoms. The minimum Gasteiger partial charge on any atom is -0.338 e. The predicted octanol–water partition coefficient (Wildman–Crippen LogP) is 3.41. The van der Waals surface area contributed by atoms with Gasteiger partial charge in [-0.05, 0) is 31.0 Å². The number of pyridine rings is 1. The standard InChI is InChI=1S/C14H14ClN3O3S/c1-2-17(8-5-10-3-6-16-7-4-10)14(19)12-9-11(18(20)21)13(15)22-12/h3-4,6-7,9H,2,5,8H2,1H3. The zero-order valence-corrected chi connectivity index (χ0v) is 13.4. The molecule has 0 saturated heterocycles. The number of hydrogen-bond donors (Lipinski definition) is 0. The summed E-state index contributed by atoms with van der Waals surface area (Å²) in [6.45, 7) is 2.92. The molecular weight excluding hydrogens is 326 g/mol. The van der Waals surface area contributed by atoms with Crippen LogP contribution in [-0.2, 0) is 6.42 Å². The molecule has 0 unspecified atom stereocenters. The topological polar surface area (TPSA) is 76.3 Å². The number of likely N-dealkylation sites (N-methyl/N-ethyl adjacent to an activating group) is 1. The van der Waals surface area contributed by atoms with Gasteiger partial charge in [0.15, 0.2) is 4.34 Å². The van der Waals surface area contributed by atoms with Crippen LogP contribution in [0.5, 0.6) is 0 Å². The van der Waals surface area contributed by atoms with Gasteiger partial charge in [0.1, 0.15) is 4.88 Å². The molecule has 2 heterocycles. The lowest BCUT2D eigenvalue weighted by Crippen LogP contribution is -2.32. The Bertz CT molecular complexity index is 675. The number of carbonyl (C=O) groups is 1. The third-order valence-electron chi connectivity index (χ3n) is 3.16.